The molecule has 21 heavy (non-hydrogen) atoms. The van der Waals surface area contributed by atoms with Gasteiger partial charge in [-0.15, -0.1) is 0 Å². The molecule has 0 aliphatic rings. The topological polar surface area (TPSA) is 34.9 Å². The SMILES string of the molecule is CCCCCCC(CCCCC)C(=O)Cc1cn(C)cn1. The first-order chi connectivity index (χ1) is 10.2. The van der Waals surface area contributed by atoms with Gasteiger partial charge < -0.3 is 4.57 Å². The van der Waals surface area contributed by atoms with Gasteiger partial charge in [-0.2, -0.15) is 0 Å². The number of hydrogen-bond acceptors (Lipinski definition) is 2. The fraction of sp³-hybridized carbons (Fsp3) is 0.778. The smallest absolute Gasteiger partial charge is 0.141 e. The summed E-state index contributed by atoms with van der Waals surface area (Å²) < 4.78 is 1.91. The number of imidazole rings is 1. The number of ketones is 1. The highest BCUT2D eigenvalue weighted by molar-refractivity contribution is 5.82. The molecule has 0 bridgehead atoms. The number of hydrogen-bond donors (Lipinski definition) is 0. The molecule has 0 amide bonds. The van der Waals surface area contributed by atoms with Crippen LogP contribution in [-0.4, -0.2) is 15.3 Å². The normalized spacial score (nSPS) is 12.5. The lowest BCUT2D eigenvalue weighted by Crippen LogP contribution is -2.17. The molecule has 0 aromatic carbocycles. The fourth-order valence-corrected chi connectivity index (χ4v) is 2.81. The molecule has 120 valence electrons. The van der Waals surface area contributed by atoms with Crippen molar-refractivity contribution in [1.82, 2.24) is 9.55 Å². The third-order valence-corrected chi connectivity index (χ3v) is 4.13. The lowest BCUT2D eigenvalue weighted by molar-refractivity contribution is -0.122. The van der Waals surface area contributed by atoms with Gasteiger partial charge in [0.05, 0.1) is 18.4 Å². The molecule has 0 radical (unpaired) electrons. The predicted molar refractivity (Wildman–Crippen MR) is 88.3 cm³/mol. The van der Waals surface area contributed by atoms with E-state index in [4.69, 9.17) is 0 Å². The summed E-state index contributed by atoms with van der Waals surface area (Å²) in [4.78, 5) is 16.8. The van der Waals surface area contributed by atoms with Crippen LogP contribution in [0, 0.1) is 5.92 Å². The molecule has 1 rings (SSSR count). The number of carbonyl (C=O) groups is 1. The first-order valence-corrected chi connectivity index (χ1v) is 8.66. The molecule has 0 aliphatic carbocycles. The van der Waals surface area contributed by atoms with Crippen LogP contribution in [0.25, 0.3) is 0 Å². The maximum absolute atomic E-state index is 12.5. The van der Waals surface area contributed by atoms with Crippen molar-refractivity contribution in [1.29, 1.82) is 0 Å². The second-order valence-electron chi connectivity index (χ2n) is 6.22. The van der Waals surface area contributed by atoms with Crippen molar-refractivity contribution in [3.63, 3.8) is 0 Å². The lowest BCUT2D eigenvalue weighted by Gasteiger charge is -2.15. The van der Waals surface area contributed by atoms with E-state index in [0.29, 0.717) is 12.2 Å². The Balaban J connectivity index is 2.45. The van der Waals surface area contributed by atoms with Gasteiger partial charge in [-0.3, -0.25) is 4.79 Å². The van der Waals surface area contributed by atoms with Gasteiger partial charge in [0.2, 0.25) is 0 Å². The van der Waals surface area contributed by atoms with Crippen molar-refractivity contribution in [3.05, 3.63) is 18.2 Å². The van der Waals surface area contributed by atoms with Crippen molar-refractivity contribution in [2.75, 3.05) is 0 Å². The number of carbonyl (C=O) groups excluding carboxylic acids is 1. The van der Waals surface area contributed by atoms with E-state index in [9.17, 15) is 4.79 Å². The number of nitrogens with zero attached hydrogens (tertiary/aromatic N) is 2. The molecule has 0 fully saturated rings. The number of aryl methyl sites for hydroxylation is 1. The monoisotopic (exact) mass is 292 g/mol. The Morgan fingerprint density at radius 3 is 2.29 bits per heavy atom. The summed E-state index contributed by atoms with van der Waals surface area (Å²) in [6, 6.07) is 0. The van der Waals surface area contributed by atoms with E-state index in [0.717, 1.165) is 18.5 Å². The molecule has 0 N–H and O–H groups in total. The summed E-state index contributed by atoms with van der Waals surface area (Å²) in [5.41, 5.74) is 0.913. The minimum Gasteiger partial charge on any atom is -0.340 e. The van der Waals surface area contributed by atoms with Crippen LogP contribution in [0.15, 0.2) is 12.5 Å². The van der Waals surface area contributed by atoms with Crippen LogP contribution in [0.5, 0.6) is 0 Å². The highest BCUT2D eigenvalue weighted by Crippen LogP contribution is 2.20. The molecule has 0 aliphatic heterocycles. The first-order valence-electron chi connectivity index (χ1n) is 8.66. The highest BCUT2D eigenvalue weighted by atomic mass is 16.1. The molecular formula is C18H32N2O. The van der Waals surface area contributed by atoms with Crippen LogP contribution in [-0.2, 0) is 18.3 Å². The lowest BCUT2D eigenvalue weighted by atomic mass is 9.89. The standard InChI is InChI=1S/C18H32N2O/c1-4-6-8-10-12-16(11-9-7-5-2)18(21)13-17-14-20(3)15-19-17/h14-16H,4-13H2,1-3H3. The van der Waals surface area contributed by atoms with Crippen LogP contribution >= 0.6 is 0 Å². The number of aromatic nitrogens is 2. The van der Waals surface area contributed by atoms with Gasteiger partial charge in [0.25, 0.3) is 0 Å². The van der Waals surface area contributed by atoms with Gasteiger partial charge in [-0.25, -0.2) is 4.98 Å². The molecule has 1 atom stereocenters. The first kappa shape index (κ1) is 17.9. The van der Waals surface area contributed by atoms with Gasteiger partial charge in [0.1, 0.15) is 5.78 Å². The van der Waals surface area contributed by atoms with Crippen LogP contribution in [0.1, 0.15) is 77.3 Å². The molecule has 0 saturated carbocycles. The van der Waals surface area contributed by atoms with Gasteiger partial charge in [-0.1, -0.05) is 58.8 Å². The molecule has 3 heteroatoms. The van der Waals surface area contributed by atoms with E-state index in [1.807, 2.05) is 17.8 Å². The Morgan fingerprint density at radius 1 is 1.10 bits per heavy atom. The van der Waals surface area contributed by atoms with Gasteiger partial charge in [-0.05, 0) is 12.8 Å². The number of unbranched alkanes of at least 4 members (excludes halogenated alkanes) is 5. The van der Waals surface area contributed by atoms with E-state index >= 15 is 0 Å². The zero-order valence-electron chi connectivity index (χ0n) is 14.1. The molecular weight excluding hydrogens is 260 g/mol. The second kappa shape index (κ2) is 10.6. The average Bonchev–Trinajstić information content (AvgIpc) is 2.86. The van der Waals surface area contributed by atoms with Crippen LogP contribution in [0.2, 0.25) is 0 Å². The van der Waals surface area contributed by atoms with E-state index < -0.39 is 0 Å². The van der Waals surface area contributed by atoms with Crippen LogP contribution < -0.4 is 0 Å². The zero-order valence-corrected chi connectivity index (χ0v) is 14.1. The quantitative estimate of drug-likeness (QED) is 0.523. The summed E-state index contributed by atoms with van der Waals surface area (Å²) in [6.45, 7) is 4.44. The molecule has 3 nitrogen and oxygen atoms in total. The largest absolute Gasteiger partial charge is 0.340 e. The van der Waals surface area contributed by atoms with Gasteiger partial charge in [0.15, 0.2) is 0 Å². The summed E-state index contributed by atoms with van der Waals surface area (Å²) in [6.07, 6.45) is 15.0. The maximum atomic E-state index is 12.5. The minimum atomic E-state index is 0.246. The summed E-state index contributed by atoms with van der Waals surface area (Å²) >= 11 is 0. The Bertz CT molecular complexity index is 398. The minimum absolute atomic E-state index is 0.246. The van der Waals surface area contributed by atoms with Crippen molar-refractivity contribution in [2.24, 2.45) is 13.0 Å². The molecule has 1 heterocycles. The molecule has 0 saturated heterocycles. The van der Waals surface area contributed by atoms with Crippen molar-refractivity contribution >= 4 is 5.78 Å². The third-order valence-electron chi connectivity index (χ3n) is 4.13. The predicted octanol–water partition coefficient (Wildman–Crippen LogP) is 4.70. The number of Topliss-reactive ketones (excluding diaryl/α,β-unsaturated/α-hetero) is 1. The highest BCUT2D eigenvalue weighted by Gasteiger charge is 2.18. The summed E-state index contributed by atoms with van der Waals surface area (Å²) in [5, 5.41) is 0. The van der Waals surface area contributed by atoms with E-state index in [1.165, 1.54) is 44.9 Å². The van der Waals surface area contributed by atoms with Crippen LogP contribution in [0.4, 0.5) is 0 Å². The Morgan fingerprint density at radius 2 is 1.71 bits per heavy atom. The van der Waals surface area contributed by atoms with E-state index in [2.05, 4.69) is 18.8 Å². The van der Waals surface area contributed by atoms with Gasteiger partial charge >= 0.3 is 0 Å². The average molecular weight is 292 g/mol. The van der Waals surface area contributed by atoms with E-state index in [1.54, 1.807) is 6.33 Å². The molecule has 0 spiro atoms. The third kappa shape index (κ3) is 7.45. The van der Waals surface area contributed by atoms with Gasteiger partial charge in [0, 0.05) is 19.2 Å². The van der Waals surface area contributed by atoms with Crippen molar-refractivity contribution in [3.8, 4) is 0 Å². The van der Waals surface area contributed by atoms with Crippen molar-refractivity contribution < 1.29 is 4.79 Å². The Kier molecular flexibility index (Phi) is 9.04. The molecule has 1 unspecified atom stereocenters. The van der Waals surface area contributed by atoms with Crippen molar-refractivity contribution in [2.45, 2.75) is 78.1 Å². The van der Waals surface area contributed by atoms with Crippen LogP contribution in [0.3, 0.4) is 0 Å². The molecule has 1 aromatic heterocycles. The summed E-state index contributed by atoms with van der Waals surface area (Å²) in [5.74, 6) is 0.636. The fourth-order valence-electron chi connectivity index (χ4n) is 2.81. The zero-order chi connectivity index (χ0) is 15.5. The second-order valence-corrected chi connectivity index (χ2v) is 6.22. The maximum Gasteiger partial charge on any atom is 0.141 e. The Hall–Kier alpha value is -1.12. The summed E-state index contributed by atoms with van der Waals surface area (Å²) in [7, 11) is 1.95. The molecule has 1 aromatic rings. The Labute approximate surface area is 130 Å². The number of rotatable bonds is 12. The van der Waals surface area contributed by atoms with E-state index in [-0.39, 0.29) is 5.92 Å².